The summed E-state index contributed by atoms with van der Waals surface area (Å²) in [5, 5.41) is 4.15. The van der Waals surface area contributed by atoms with Crippen LogP contribution >= 0.6 is 23.2 Å². The van der Waals surface area contributed by atoms with E-state index in [1.54, 1.807) is 11.0 Å². The van der Waals surface area contributed by atoms with Crippen molar-refractivity contribution in [3.8, 4) is 0 Å². The van der Waals surface area contributed by atoms with Crippen molar-refractivity contribution in [2.75, 3.05) is 11.4 Å². The Hall–Kier alpha value is -1.55. The van der Waals surface area contributed by atoms with Crippen LogP contribution in [-0.2, 0) is 17.9 Å². The maximum Gasteiger partial charge on any atom is 0.241 e. The Morgan fingerprint density at radius 2 is 1.86 bits per heavy atom. The highest BCUT2D eigenvalue weighted by atomic mass is 35.5. The Morgan fingerprint density at radius 3 is 2.71 bits per heavy atom. The minimum absolute atomic E-state index is 0.0241. The predicted octanol–water partition coefficient (Wildman–Crippen LogP) is 3.63. The summed E-state index contributed by atoms with van der Waals surface area (Å²) in [5.41, 5.74) is 2.86. The summed E-state index contributed by atoms with van der Waals surface area (Å²) >= 11 is 12.3. The Bertz CT molecular complexity index is 688. The topological polar surface area (TPSA) is 32.3 Å². The molecule has 1 aliphatic heterocycles. The first-order valence-corrected chi connectivity index (χ1v) is 7.44. The van der Waals surface area contributed by atoms with E-state index in [-0.39, 0.29) is 5.91 Å². The van der Waals surface area contributed by atoms with E-state index in [2.05, 4.69) is 5.32 Å². The molecule has 1 heterocycles. The zero-order valence-corrected chi connectivity index (χ0v) is 12.8. The molecule has 0 saturated carbocycles. The zero-order valence-electron chi connectivity index (χ0n) is 11.3. The summed E-state index contributed by atoms with van der Waals surface area (Å²) in [7, 11) is 0. The summed E-state index contributed by atoms with van der Waals surface area (Å²) < 4.78 is 0. The van der Waals surface area contributed by atoms with Gasteiger partial charge in [0, 0.05) is 12.2 Å². The standard InChI is InChI=1S/C16H14Cl2N2O/c17-13-6-3-5-12(16(13)18)10-20-14-7-2-1-4-11(14)8-19-9-15(20)21/h1-7,19H,8-10H2. The lowest BCUT2D eigenvalue weighted by atomic mass is 10.1. The molecule has 0 unspecified atom stereocenters. The summed E-state index contributed by atoms with van der Waals surface area (Å²) in [6.07, 6.45) is 0. The van der Waals surface area contributed by atoms with E-state index in [0.29, 0.717) is 29.7 Å². The van der Waals surface area contributed by atoms with Gasteiger partial charge in [-0.05, 0) is 23.3 Å². The van der Waals surface area contributed by atoms with Gasteiger partial charge in [0.05, 0.1) is 23.1 Å². The fraction of sp³-hybridized carbons (Fsp3) is 0.188. The molecule has 0 saturated heterocycles. The molecule has 0 atom stereocenters. The second kappa shape index (κ2) is 6.06. The highest BCUT2D eigenvalue weighted by Gasteiger charge is 2.22. The normalized spacial score (nSPS) is 14.8. The summed E-state index contributed by atoms with van der Waals surface area (Å²) in [6.45, 7) is 1.41. The maximum absolute atomic E-state index is 12.4. The van der Waals surface area contributed by atoms with Crippen LogP contribution in [-0.4, -0.2) is 12.5 Å². The first-order valence-electron chi connectivity index (χ1n) is 6.68. The highest BCUT2D eigenvalue weighted by molar-refractivity contribution is 6.42. The molecule has 21 heavy (non-hydrogen) atoms. The summed E-state index contributed by atoms with van der Waals surface area (Å²) in [6, 6.07) is 13.4. The third-order valence-corrected chi connectivity index (χ3v) is 4.39. The zero-order chi connectivity index (χ0) is 14.8. The molecule has 0 aromatic heterocycles. The van der Waals surface area contributed by atoms with Crippen molar-refractivity contribution in [3.05, 3.63) is 63.6 Å². The SMILES string of the molecule is O=C1CNCc2ccccc2N1Cc1cccc(Cl)c1Cl. The molecule has 1 N–H and O–H groups in total. The number of carbonyl (C=O) groups excluding carboxylic acids is 1. The first kappa shape index (κ1) is 14.4. The average molecular weight is 321 g/mol. The quantitative estimate of drug-likeness (QED) is 0.916. The average Bonchev–Trinajstić information content (AvgIpc) is 2.64. The van der Waals surface area contributed by atoms with Crippen molar-refractivity contribution in [2.24, 2.45) is 0 Å². The number of benzene rings is 2. The van der Waals surface area contributed by atoms with Crippen LogP contribution in [0.3, 0.4) is 0 Å². The van der Waals surface area contributed by atoms with Crippen LogP contribution in [0, 0.1) is 0 Å². The van der Waals surface area contributed by atoms with Crippen molar-refractivity contribution in [2.45, 2.75) is 13.1 Å². The van der Waals surface area contributed by atoms with Gasteiger partial charge in [-0.1, -0.05) is 53.5 Å². The van der Waals surface area contributed by atoms with E-state index in [0.717, 1.165) is 16.8 Å². The summed E-state index contributed by atoms with van der Waals surface area (Å²) in [4.78, 5) is 14.1. The molecule has 1 aliphatic rings. The van der Waals surface area contributed by atoms with Gasteiger partial charge in [-0.25, -0.2) is 0 Å². The minimum Gasteiger partial charge on any atom is -0.307 e. The van der Waals surface area contributed by atoms with Gasteiger partial charge in [0.2, 0.25) is 5.91 Å². The Balaban J connectivity index is 2.00. The van der Waals surface area contributed by atoms with E-state index in [1.165, 1.54) is 0 Å². The third kappa shape index (κ3) is 2.91. The van der Waals surface area contributed by atoms with Crippen molar-refractivity contribution in [1.82, 2.24) is 5.32 Å². The van der Waals surface area contributed by atoms with Crippen LogP contribution in [0.15, 0.2) is 42.5 Å². The molecule has 3 nitrogen and oxygen atoms in total. The number of anilines is 1. The fourth-order valence-electron chi connectivity index (χ4n) is 2.47. The number of fused-ring (bicyclic) bond motifs is 1. The Morgan fingerprint density at radius 1 is 1.05 bits per heavy atom. The molecule has 5 heteroatoms. The number of nitrogens with zero attached hydrogens (tertiary/aromatic N) is 1. The van der Waals surface area contributed by atoms with Crippen LogP contribution in [0.4, 0.5) is 5.69 Å². The number of hydrogen-bond acceptors (Lipinski definition) is 2. The molecule has 108 valence electrons. The lowest BCUT2D eigenvalue weighted by Gasteiger charge is -2.23. The fourth-order valence-corrected chi connectivity index (χ4v) is 2.85. The Labute approximate surface area is 133 Å². The van der Waals surface area contributed by atoms with Crippen molar-refractivity contribution in [3.63, 3.8) is 0 Å². The van der Waals surface area contributed by atoms with Gasteiger partial charge in [0.25, 0.3) is 0 Å². The number of nitrogens with one attached hydrogen (secondary N) is 1. The van der Waals surface area contributed by atoms with E-state index < -0.39 is 0 Å². The smallest absolute Gasteiger partial charge is 0.241 e. The van der Waals surface area contributed by atoms with Crippen LogP contribution in [0.5, 0.6) is 0 Å². The number of carbonyl (C=O) groups is 1. The van der Waals surface area contributed by atoms with Crippen molar-refractivity contribution in [1.29, 1.82) is 0 Å². The molecule has 1 amide bonds. The van der Waals surface area contributed by atoms with Gasteiger partial charge in [-0.3, -0.25) is 4.79 Å². The van der Waals surface area contributed by atoms with Gasteiger partial charge >= 0.3 is 0 Å². The van der Waals surface area contributed by atoms with Gasteiger partial charge in [0.1, 0.15) is 0 Å². The summed E-state index contributed by atoms with van der Waals surface area (Å²) in [5.74, 6) is 0.0241. The molecule has 0 spiro atoms. The van der Waals surface area contributed by atoms with Crippen LogP contribution in [0.2, 0.25) is 10.0 Å². The highest BCUT2D eigenvalue weighted by Crippen LogP contribution is 2.30. The van der Waals surface area contributed by atoms with Crippen LogP contribution in [0.25, 0.3) is 0 Å². The van der Waals surface area contributed by atoms with Crippen LogP contribution < -0.4 is 10.2 Å². The second-order valence-corrected chi connectivity index (χ2v) is 5.71. The lowest BCUT2D eigenvalue weighted by Crippen LogP contribution is -2.35. The number of amides is 1. The number of rotatable bonds is 2. The monoisotopic (exact) mass is 320 g/mol. The molecular weight excluding hydrogens is 307 g/mol. The van der Waals surface area contributed by atoms with E-state index >= 15 is 0 Å². The molecule has 0 radical (unpaired) electrons. The molecule has 2 aromatic carbocycles. The van der Waals surface area contributed by atoms with Gasteiger partial charge in [-0.15, -0.1) is 0 Å². The van der Waals surface area contributed by atoms with E-state index in [9.17, 15) is 4.79 Å². The van der Waals surface area contributed by atoms with Gasteiger partial charge in [-0.2, -0.15) is 0 Å². The number of halogens is 2. The van der Waals surface area contributed by atoms with Crippen LogP contribution in [0.1, 0.15) is 11.1 Å². The van der Waals surface area contributed by atoms with E-state index in [1.807, 2.05) is 36.4 Å². The predicted molar refractivity (Wildman–Crippen MR) is 85.8 cm³/mol. The molecule has 2 aromatic rings. The van der Waals surface area contributed by atoms with E-state index in [4.69, 9.17) is 23.2 Å². The number of hydrogen-bond donors (Lipinski definition) is 1. The molecule has 0 bridgehead atoms. The minimum atomic E-state index is 0.0241. The molecule has 0 aliphatic carbocycles. The first-order chi connectivity index (χ1) is 10.2. The van der Waals surface area contributed by atoms with Crippen molar-refractivity contribution < 1.29 is 4.79 Å². The lowest BCUT2D eigenvalue weighted by molar-refractivity contribution is -0.117. The molecule has 3 rings (SSSR count). The second-order valence-electron chi connectivity index (χ2n) is 4.93. The van der Waals surface area contributed by atoms with Gasteiger partial charge < -0.3 is 10.2 Å². The third-order valence-electron chi connectivity index (χ3n) is 3.54. The maximum atomic E-state index is 12.4. The molecule has 0 fully saturated rings. The number of para-hydroxylation sites is 1. The largest absolute Gasteiger partial charge is 0.307 e. The van der Waals surface area contributed by atoms with Gasteiger partial charge in [0.15, 0.2) is 0 Å². The van der Waals surface area contributed by atoms with Crippen molar-refractivity contribution >= 4 is 34.8 Å². The Kier molecular flexibility index (Phi) is 4.15. The molecular formula is C16H14Cl2N2O.